The molecule has 0 aliphatic carbocycles. The molecule has 0 unspecified atom stereocenters. The molecule has 0 atom stereocenters. The molecule has 0 radical (unpaired) electrons. The third-order valence-corrected chi connectivity index (χ3v) is 3.70. The summed E-state index contributed by atoms with van der Waals surface area (Å²) in [7, 11) is 1.56. The molecule has 0 aromatic heterocycles. The number of hydrogen-bond donors (Lipinski definition) is 2. The van der Waals surface area contributed by atoms with E-state index in [9.17, 15) is 9.90 Å². The zero-order valence-corrected chi connectivity index (χ0v) is 13.6. The van der Waals surface area contributed by atoms with Gasteiger partial charge in [0.25, 0.3) is 0 Å². The molecule has 2 aromatic rings. The number of hydrogen-bond acceptors (Lipinski definition) is 4. The Hall–Kier alpha value is -2.33. The first kappa shape index (κ1) is 17.0. The van der Waals surface area contributed by atoms with Gasteiger partial charge in [-0.3, -0.25) is 4.79 Å². The van der Waals surface area contributed by atoms with E-state index in [0.717, 1.165) is 24.9 Å². The van der Waals surface area contributed by atoms with Gasteiger partial charge in [-0.25, -0.2) is 0 Å². The Morgan fingerprint density at radius 1 is 1.22 bits per heavy atom. The molecule has 4 nitrogen and oxygen atoms in total. The van der Waals surface area contributed by atoms with Crippen LogP contribution in [-0.4, -0.2) is 24.5 Å². The fourth-order valence-corrected chi connectivity index (χ4v) is 2.39. The van der Waals surface area contributed by atoms with Crippen molar-refractivity contribution < 1.29 is 14.6 Å². The molecule has 0 spiro atoms. The van der Waals surface area contributed by atoms with Gasteiger partial charge in [0.2, 0.25) is 0 Å². The maximum atomic E-state index is 12.6. The first-order valence-electron chi connectivity index (χ1n) is 7.87. The van der Waals surface area contributed by atoms with E-state index in [4.69, 9.17) is 4.74 Å². The predicted molar refractivity (Wildman–Crippen MR) is 91.1 cm³/mol. The smallest absolute Gasteiger partial charge is 0.196 e. The number of methoxy groups -OCH3 is 1. The summed E-state index contributed by atoms with van der Waals surface area (Å²) in [6, 6.07) is 12.2. The average Bonchev–Trinajstić information content (AvgIpc) is 2.59. The molecular formula is C19H23NO3. The zero-order valence-electron chi connectivity index (χ0n) is 13.6. The molecule has 0 amide bonds. The summed E-state index contributed by atoms with van der Waals surface area (Å²) < 4.78 is 5.31. The Bertz CT molecular complexity index is 653. The van der Waals surface area contributed by atoms with E-state index in [1.807, 2.05) is 6.07 Å². The van der Waals surface area contributed by atoms with Crippen molar-refractivity contribution in [3.63, 3.8) is 0 Å². The lowest BCUT2D eigenvalue weighted by Crippen LogP contribution is -2.15. The Morgan fingerprint density at radius 3 is 2.61 bits per heavy atom. The van der Waals surface area contributed by atoms with Gasteiger partial charge in [0.1, 0.15) is 11.5 Å². The summed E-state index contributed by atoms with van der Waals surface area (Å²) in [5, 5.41) is 13.5. The summed E-state index contributed by atoms with van der Waals surface area (Å²) in [4.78, 5) is 12.6. The van der Waals surface area contributed by atoms with Crippen molar-refractivity contribution in [2.75, 3.05) is 13.7 Å². The number of phenols is 1. The van der Waals surface area contributed by atoms with E-state index in [1.165, 1.54) is 6.07 Å². The van der Waals surface area contributed by atoms with Crippen molar-refractivity contribution >= 4 is 5.78 Å². The van der Waals surface area contributed by atoms with Crippen LogP contribution in [0.25, 0.3) is 0 Å². The number of aromatic hydroxyl groups is 1. The van der Waals surface area contributed by atoms with E-state index in [2.05, 4.69) is 12.2 Å². The summed E-state index contributed by atoms with van der Waals surface area (Å²) in [5.74, 6) is 0.324. The van der Waals surface area contributed by atoms with Crippen molar-refractivity contribution in [3.8, 4) is 11.5 Å². The van der Waals surface area contributed by atoms with E-state index in [1.54, 1.807) is 37.4 Å². The first-order valence-corrected chi connectivity index (χ1v) is 7.87. The Kier molecular flexibility index (Phi) is 6.18. The fraction of sp³-hybridized carbons (Fsp3) is 0.316. The first-order chi connectivity index (χ1) is 11.2. The van der Waals surface area contributed by atoms with Gasteiger partial charge in [-0.1, -0.05) is 43.7 Å². The van der Waals surface area contributed by atoms with E-state index in [0.29, 0.717) is 23.4 Å². The second-order valence-corrected chi connectivity index (χ2v) is 5.41. The summed E-state index contributed by atoms with van der Waals surface area (Å²) in [6.07, 6.45) is 2.22. The molecular weight excluding hydrogens is 290 g/mol. The van der Waals surface area contributed by atoms with Crippen LogP contribution in [0.2, 0.25) is 0 Å². The summed E-state index contributed by atoms with van der Waals surface area (Å²) in [6.45, 7) is 3.64. The third-order valence-electron chi connectivity index (χ3n) is 3.70. The lowest BCUT2D eigenvalue weighted by molar-refractivity contribution is 0.103. The van der Waals surface area contributed by atoms with Gasteiger partial charge in [-0.15, -0.1) is 0 Å². The highest BCUT2D eigenvalue weighted by atomic mass is 16.5. The summed E-state index contributed by atoms with van der Waals surface area (Å²) >= 11 is 0. The number of rotatable bonds is 8. The molecule has 4 heteroatoms. The molecule has 122 valence electrons. The Balaban J connectivity index is 2.27. The van der Waals surface area contributed by atoms with Crippen LogP contribution in [-0.2, 0) is 6.54 Å². The minimum atomic E-state index is -0.194. The number of benzene rings is 2. The molecule has 0 aliphatic rings. The molecule has 2 rings (SSSR count). The molecule has 0 fully saturated rings. The molecule has 2 N–H and O–H groups in total. The van der Waals surface area contributed by atoms with Crippen LogP contribution in [0.5, 0.6) is 11.5 Å². The highest BCUT2D eigenvalue weighted by Crippen LogP contribution is 2.30. The average molecular weight is 313 g/mol. The topological polar surface area (TPSA) is 58.6 Å². The lowest BCUT2D eigenvalue weighted by atomic mass is 9.99. The van der Waals surface area contributed by atoms with Gasteiger partial charge < -0.3 is 15.2 Å². The van der Waals surface area contributed by atoms with Gasteiger partial charge in [-0.2, -0.15) is 0 Å². The normalized spacial score (nSPS) is 10.5. The van der Waals surface area contributed by atoms with Crippen molar-refractivity contribution in [1.29, 1.82) is 0 Å². The molecule has 2 aromatic carbocycles. The Labute approximate surface area is 137 Å². The highest BCUT2D eigenvalue weighted by Gasteiger charge is 2.17. The van der Waals surface area contributed by atoms with Gasteiger partial charge >= 0.3 is 0 Å². The van der Waals surface area contributed by atoms with E-state index < -0.39 is 0 Å². The maximum Gasteiger partial charge on any atom is 0.196 e. The van der Waals surface area contributed by atoms with Crippen LogP contribution >= 0.6 is 0 Å². The number of carbonyl (C=O) groups excluding carboxylic acids is 1. The predicted octanol–water partition coefficient (Wildman–Crippen LogP) is 3.52. The summed E-state index contributed by atoms with van der Waals surface area (Å²) in [5.41, 5.74) is 1.71. The number of carbonyl (C=O) groups is 1. The van der Waals surface area contributed by atoms with Crippen LogP contribution in [0, 0.1) is 0 Å². The quantitative estimate of drug-likeness (QED) is 0.578. The number of nitrogens with one attached hydrogen (secondary N) is 1. The minimum absolute atomic E-state index is 0.0620. The lowest BCUT2D eigenvalue weighted by Gasteiger charge is -2.13. The van der Waals surface area contributed by atoms with Crippen molar-refractivity contribution in [1.82, 2.24) is 5.32 Å². The molecule has 0 saturated heterocycles. The number of phenolic OH excluding ortho intramolecular Hbond substituents is 1. The van der Waals surface area contributed by atoms with Crippen LogP contribution in [0.3, 0.4) is 0 Å². The molecule has 0 aliphatic heterocycles. The van der Waals surface area contributed by atoms with Gasteiger partial charge in [0, 0.05) is 23.7 Å². The Morgan fingerprint density at radius 2 is 1.96 bits per heavy atom. The third kappa shape index (κ3) is 4.33. The monoisotopic (exact) mass is 313 g/mol. The van der Waals surface area contributed by atoms with Crippen LogP contribution in [0.4, 0.5) is 0 Å². The van der Waals surface area contributed by atoms with Crippen molar-refractivity contribution in [2.24, 2.45) is 0 Å². The van der Waals surface area contributed by atoms with Crippen LogP contribution < -0.4 is 10.1 Å². The van der Waals surface area contributed by atoms with Gasteiger partial charge in [0.15, 0.2) is 5.78 Å². The second kappa shape index (κ2) is 8.34. The number of ketones is 1. The van der Waals surface area contributed by atoms with Gasteiger partial charge in [0.05, 0.1) is 12.7 Å². The molecule has 0 heterocycles. The number of unbranched alkanes of at least 4 members (excludes halogenated alkanes) is 1. The number of ether oxygens (including phenoxy) is 1. The minimum Gasteiger partial charge on any atom is -0.507 e. The molecule has 23 heavy (non-hydrogen) atoms. The van der Waals surface area contributed by atoms with E-state index in [-0.39, 0.29) is 11.5 Å². The standard InChI is InChI=1S/C19H23NO3/c1-3-4-10-20-13-15-11-16(17(21)12-18(15)23-2)19(22)14-8-6-5-7-9-14/h5-9,11-12,20-21H,3-4,10,13H2,1-2H3. The van der Waals surface area contributed by atoms with Crippen molar-refractivity contribution in [3.05, 3.63) is 59.2 Å². The van der Waals surface area contributed by atoms with Crippen LogP contribution in [0.1, 0.15) is 41.3 Å². The molecule has 0 bridgehead atoms. The second-order valence-electron chi connectivity index (χ2n) is 5.41. The van der Waals surface area contributed by atoms with Gasteiger partial charge in [-0.05, 0) is 19.0 Å². The zero-order chi connectivity index (χ0) is 16.7. The van der Waals surface area contributed by atoms with Crippen LogP contribution in [0.15, 0.2) is 42.5 Å². The van der Waals surface area contributed by atoms with Crippen molar-refractivity contribution in [2.45, 2.75) is 26.3 Å². The fourth-order valence-electron chi connectivity index (χ4n) is 2.39. The van der Waals surface area contributed by atoms with E-state index >= 15 is 0 Å². The molecule has 0 saturated carbocycles. The SMILES string of the molecule is CCCCNCc1cc(C(=O)c2ccccc2)c(O)cc1OC. The largest absolute Gasteiger partial charge is 0.507 e. The highest BCUT2D eigenvalue weighted by molar-refractivity contribution is 6.10. The maximum absolute atomic E-state index is 12.6.